The zero-order chi connectivity index (χ0) is 31.1. The molecule has 0 amide bonds. The van der Waals surface area contributed by atoms with Crippen molar-refractivity contribution in [3.63, 3.8) is 0 Å². The zero-order valence-electron chi connectivity index (χ0n) is 25.9. The lowest BCUT2D eigenvalue weighted by Crippen LogP contribution is -2.64. The van der Waals surface area contributed by atoms with Gasteiger partial charge in [-0.25, -0.2) is 0 Å². The zero-order valence-corrected chi connectivity index (χ0v) is 26.7. The molecule has 5 unspecified atom stereocenters. The smallest absolute Gasteiger partial charge is 0.119 e. The molecule has 1 N–H and O–H groups in total. The molecule has 5 nitrogen and oxygen atoms in total. The van der Waals surface area contributed by atoms with Crippen LogP contribution in [-0.2, 0) is 33.8 Å². The van der Waals surface area contributed by atoms with Gasteiger partial charge in [-0.3, -0.25) is 0 Å². The number of rotatable bonds is 14. The van der Waals surface area contributed by atoms with Crippen LogP contribution in [0.1, 0.15) is 66.5 Å². The Kier molecular flexibility index (Phi) is 10.5. The lowest BCUT2D eigenvalue weighted by atomic mass is 9.61. The summed E-state index contributed by atoms with van der Waals surface area (Å²) in [4.78, 5) is 0. The predicted octanol–water partition coefficient (Wildman–Crippen LogP) is 8.49. The van der Waals surface area contributed by atoms with E-state index in [0.717, 1.165) is 57.9 Å². The number of hydrogen-bond acceptors (Lipinski definition) is 5. The van der Waals surface area contributed by atoms with Gasteiger partial charge in [0.15, 0.2) is 0 Å². The van der Waals surface area contributed by atoms with Gasteiger partial charge in [-0.15, -0.1) is 0 Å². The van der Waals surface area contributed by atoms with E-state index in [4.69, 9.17) is 30.5 Å². The Hall–Kier alpha value is -3.19. The summed E-state index contributed by atoms with van der Waals surface area (Å²) in [5.74, 6) is 1.04. The number of aliphatic hydroxyl groups excluding tert-OH is 1. The van der Waals surface area contributed by atoms with Gasteiger partial charge < -0.3 is 24.1 Å². The molecule has 4 aromatic carbocycles. The highest BCUT2D eigenvalue weighted by Crippen LogP contribution is 2.56. The van der Waals surface area contributed by atoms with Crippen LogP contribution in [0.4, 0.5) is 0 Å². The fraction of sp³-hybridized carbons (Fsp3) is 0.385. The van der Waals surface area contributed by atoms with E-state index in [2.05, 4.69) is 48.5 Å². The van der Waals surface area contributed by atoms with Crippen molar-refractivity contribution in [2.75, 3.05) is 13.2 Å². The predicted molar refractivity (Wildman–Crippen MR) is 178 cm³/mol. The van der Waals surface area contributed by atoms with E-state index in [0.29, 0.717) is 32.7 Å². The lowest BCUT2D eigenvalue weighted by molar-refractivity contribution is -0.311. The van der Waals surface area contributed by atoms with Crippen LogP contribution >= 0.6 is 11.6 Å². The Morgan fingerprint density at radius 3 is 2.09 bits per heavy atom. The number of halogens is 1. The average molecular weight is 627 g/mol. The molecule has 0 bridgehead atoms. The molecule has 5 atom stereocenters. The lowest BCUT2D eigenvalue weighted by Gasteiger charge is -2.60. The Labute approximate surface area is 272 Å². The second-order valence-corrected chi connectivity index (χ2v) is 12.6. The van der Waals surface area contributed by atoms with Gasteiger partial charge >= 0.3 is 0 Å². The van der Waals surface area contributed by atoms with Gasteiger partial charge in [-0.2, -0.15) is 0 Å². The maximum absolute atomic E-state index is 9.80. The fourth-order valence-electron chi connectivity index (χ4n) is 6.89. The largest absolute Gasteiger partial charge is 0.494 e. The number of benzene rings is 4. The Balaban J connectivity index is 1.33. The van der Waals surface area contributed by atoms with E-state index < -0.39 is 0 Å². The van der Waals surface area contributed by atoms with Crippen molar-refractivity contribution in [3.05, 3.63) is 136 Å². The first-order valence-corrected chi connectivity index (χ1v) is 16.6. The van der Waals surface area contributed by atoms with Gasteiger partial charge in [-0.05, 0) is 85.0 Å². The van der Waals surface area contributed by atoms with Crippen LogP contribution < -0.4 is 4.74 Å². The van der Waals surface area contributed by atoms with E-state index in [1.54, 1.807) is 0 Å². The summed E-state index contributed by atoms with van der Waals surface area (Å²) in [6.45, 7) is 3.72. The molecule has 1 aliphatic heterocycles. The molecule has 0 spiro atoms. The molecule has 2 fully saturated rings. The van der Waals surface area contributed by atoms with Crippen molar-refractivity contribution in [1.29, 1.82) is 0 Å². The summed E-state index contributed by atoms with van der Waals surface area (Å²) >= 11 is 6.80. The molecule has 2 aliphatic rings. The molecule has 6 heteroatoms. The first-order chi connectivity index (χ1) is 22.1. The quantitative estimate of drug-likeness (QED) is 0.152. The van der Waals surface area contributed by atoms with Crippen LogP contribution in [0.25, 0.3) is 0 Å². The summed E-state index contributed by atoms with van der Waals surface area (Å²) in [5, 5.41) is 10.5. The van der Waals surface area contributed by atoms with Gasteiger partial charge in [0.05, 0.1) is 31.5 Å². The Morgan fingerprint density at radius 2 is 1.49 bits per heavy atom. The molecular formula is C39H43ClO5. The van der Waals surface area contributed by atoms with Crippen LogP contribution in [0.3, 0.4) is 0 Å². The maximum atomic E-state index is 9.80. The second-order valence-electron chi connectivity index (χ2n) is 12.2. The van der Waals surface area contributed by atoms with Crippen LogP contribution in [-0.4, -0.2) is 36.1 Å². The molecule has 1 saturated heterocycles. The van der Waals surface area contributed by atoms with Crippen molar-refractivity contribution >= 4 is 11.6 Å². The van der Waals surface area contributed by atoms with E-state index in [-0.39, 0.29) is 36.4 Å². The van der Waals surface area contributed by atoms with Crippen LogP contribution in [0, 0.1) is 5.92 Å². The van der Waals surface area contributed by atoms with Crippen LogP contribution in [0.15, 0.2) is 103 Å². The molecule has 1 saturated carbocycles. The molecule has 45 heavy (non-hydrogen) atoms. The number of ether oxygens (including phenoxy) is 4. The molecule has 4 aromatic rings. The minimum absolute atomic E-state index is 0.138. The molecule has 6 rings (SSSR count). The third-order valence-electron chi connectivity index (χ3n) is 9.29. The second kappa shape index (κ2) is 14.9. The fourth-order valence-corrected chi connectivity index (χ4v) is 7.08. The van der Waals surface area contributed by atoms with E-state index in [1.807, 2.05) is 61.5 Å². The van der Waals surface area contributed by atoms with Crippen LogP contribution in [0.5, 0.6) is 5.75 Å². The first kappa shape index (κ1) is 31.8. The first-order valence-electron chi connectivity index (χ1n) is 16.2. The highest BCUT2D eigenvalue weighted by molar-refractivity contribution is 6.31. The van der Waals surface area contributed by atoms with Gasteiger partial charge in [0.2, 0.25) is 0 Å². The van der Waals surface area contributed by atoms with E-state index in [1.165, 1.54) is 0 Å². The molecule has 236 valence electrons. The minimum atomic E-state index is -0.365. The van der Waals surface area contributed by atoms with Crippen LogP contribution in [0.2, 0.25) is 5.02 Å². The van der Waals surface area contributed by atoms with Gasteiger partial charge in [-0.1, -0.05) is 96.5 Å². The highest BCUT2D eigenvalue weighted by atomic mass is 35.5. The van der Waals surface area contributed by atoms with Gasteiger partial charge in [0.25, 0.3) is 0 Å². The third kappa shape index (κ3) is 7.45. The summed E-state index contributed by atoms with van der Waals surface area (Å²) in [5.41, 5.74) is 5.09. The maximum Gasteiger partial charge on any atom is 0.119 e. The summed E-state index contributed by atoms with van der Waals surface area (Å²) in [7, 11) is 0. The summed E-state index contributed by atoms with van der Waals surface area (Å²) in [6, 6.07) is 35.0. The Morgan fingerprint density at radius 1 is 0.822 bits per heavy atom. The molecule has 1 heterocycles. The third-order valence-corrected chi connectivity index (χ3v) is 9.66. The molecular weight excluding hydrogens is 584 g/mol. The highest BCUT2D eigenvalue weighted by Gasteiger charge is 2.60. The molecule has 0 aromatic heterocycles. The van der Waals surface area contributed by atoms with Crippen molar-refractivity contribution in [2.24, 2.45) is 5.92 Å². The minimum Gasteiger partial charge on any atom is -0.494 e. The average Bonchev–Trinajstić information content (AvgIpc) is 3.06. The SMILES string of the molecule is CCOc1ccc(Cc2cc(C3OC4(CCCO)CCC4C(OCc4ccccc4)C3OCc3ccccc3)ccc2Cl)cc1. The van der Waals surface area contributed by atoms with E-state index in [9.17, 15) is 5.11 Å². The van der Waals surface area contributed by atoms with Crippen molar-refractivity contribution in [2.45, 2.75) is 76.2 Å². The normalized spacial score (nSPS) is 24.1. The molecule has 1 aliphatic carbocycles. The van der Waals surface area contributed by atoms with E-state index >= 15 is 0 Å². The van der Waals surface area contributed by atoms with Crippen molar-refractivity contribution in [1.82, 2.24) is 0 Å². The van der Waals surface area contributed by atoms with Crippen molar-refractivity contribution in [3.8, 4) is 5.75 Å². The summed E-state index contributed by atoms with van der Waals surface area (Å²) in [6.07, 6.45) is 3.24. The number of fused-ring (bicyclic) bond motifs is 1. The topological polar surface area (TPSA) is 57.2 Å². The number of hydrogen-bond donors (Lipinski definition) is 1. The standard InChI is InChI=1S/C39H43ClO5/c1-2-42-33-17-14-28(15-18-33)24-32-25-31(16-19-35(32)40)36-38(44-27-30-12-7-4-8-13-30)37(43-26-29-10-5-3-6-11-29)34-20-22-39(34,45-36)21-9-23-41/h3-8,10-19,25,34,36-38,41H,2,9,20-24,26-27H2,1H3. The number of aliphatic hydroxyl groups is 1. The monoisotopic (exact) mass is 626 g/mol. The summed E-state index contributed by atoms with van der Waals surface area (Å²) < 4.78 is 26.4. The molecule has 0 radical (unpaired) electrons. The van der Waals surface area contributed by atoms with Gasteiger partial charge in [0.1, 0.15) is 18.0 Å². The Bertz CT molecular complexity index is 1500. The van der Waals surface area contributed by atoms with Crippen molar-refractivity contribution < 1.29 is 24.1 Å². The van der Waals surface area contributed by atoms with Gasteiger partial charge in [0, 0.05) is 17.5 Å².